The van der Waals surface area contributed by atoms with Gasteiger partial charge in [-0.25, -0.2) is 8.42 Å². The Morgan fingerprint density at radius 3 is 2.65 bits per heavy atom. The molecule has 2 saturated heterocycles. The number of amides is 1. The van der Waals surface area contributed by atoms with Crippen LogP contribution in [0.1, 0.15) is 18.4 Å². The summed E-state index contributed by atoms with van der Waals surface area (Å²) in [6.07, 6.45) is 1.37. The Bertz CT molecular complexity index is 727. The number of aryl methyl sites for hydroxylation is 1. The van der Waals surface area contributed by atoms with Gasteiger partial charge >= 0.3 is 0 Å². The summed E-state index contributed by atoms with van der Waals surface area (Å²) >= 11 is 0. The normalized spacial score (nSPS) is 23.1. The SMILES string of the molecule is Cc1cccc(N2CCN(CCCNC(=O)C3CCS(=O)(=O)C3)CC2)c1. The third-order valence-corrected chi connectivity index (χ3v) is 7.06. The van der Waals surface area contributed by atoms with E-state index in [-0.39, 0.29) is 23.3 Å². The van der Waals surface area contributed by atoms with Gasteiger partial charge in [0.15, 0.2) is 9.84 Å². The van der Waals surface area contributed by atoms with Gasteiger partial charge in [-0.1, -0.05) is 12.1 Å². The van der Waals surface area contributed by atoms with Crippen molar-refractivity contribution in [1.29, 1.82) is 0 Å². The number of piperazine rings is 1. The van der Waals surface area contributed by atoms with Crippen molar-refractivity contribution in [1.82, 2.24) is 10.2 Å². The van der Waals surface area contributed by atoms with Crippen molar-refractivity contribution < 1.29 is 13.2 Å². The Morgan fingerprint density at radius 1 is 1.23 bits per heavy atom. The minimum Gasteiger partial charge on any atom is -0.369 e. The van der Waals surface area contributed by atoms with Crippen molar-refractivity contribution in [2.75, 3.05) is 55.7 Å². The maximum Gasteiger partial charge on any atom is 0.224 e. The number of carbonyl (C=O) groups excluding carboxylic acids is 1. The van der Waals surface area contributed by atoms with E-state index in [1.807, 2.05) is 0 Å². The Labute approximate surface area is 156 Å². The van der Waals surface area contributed by atoms with Crippen molar-refractivity contribution in [2.45, 2.75) is 19.8 Å². The monoisotopic (exact) mass is 379 g/mol. The van der Waals surface area contributed by atoms with Crippen molar-refractivity contribution >= 4 is 21.4 Å². The van der Waals surface area contributed by atoms with Crippen LogP contribution in [0.15, 0.2) is 24.3 Å². The lowest BCUT2D eigenvalue weighted by Crippen LogP contribution is -2.47. The lowest BCUT2D eigenvalue weighted by atomic mass is 10.1. The fraction of sp³-hybridized carbons (Fsp3) is 0.632. The van der Waals surface area contributed by atoms with Crippen molar-refractivity contribution in [3.63, 3.8) is 0 Å². The summed E-state index contributed by atoms with van der Waals surface area (Å²) in [6, 6.07) is 8.63. The van der Waals surface area contributed by atoms with Gasteiger partial charge in [0, 0.05) is 38.4 Å². The van der Waals surface area contributed by atoms with Gasteiger partial charge in [-0.3, -0.25) is 9.69 Å². The van der Waals surface area contributed by atoms with E-state index in [2.05, 4.69) is 46.3 Å². The summed E-state index contributed by atoms with van der Waals surface area (Å²) in [6.45, 7) is 7.81. The molecule has 144 valence electrons. The molecule has 1 N–H and O–H groups in total. The molecule has 0 aromatic heterocycles. The first-order valence-corrected chi connectivity index (χ1v) is 11.3. The molecule has 3 rings (SSSR count). The van der Waals surface area contributed by atoms with Crippen molar-refractivity contribution in [3.05, 3.63) is 29.8 Å². The quantitative estimate of drug-likeness (QED) is 0.749. The zero-order valence-electron chi connectivity index (χ0n) is 15.5. The van der Waals surface area contributed by atoms with Crippen LogP contribution >= 0.6 is 0 Å². The first-order chi connectivity index (χ1) is 12.4. The second-order valence-corrected chi connectivity index (χ2v) is 9.64. The maximum atomic E-state index is 12.0. The number of hydrogen-bond donors (Lipinski definition) is 1. The third kappa shape index (κ3) is 5.20. The lowest BCUT2D eigenvalue weighted by molar-refractivity contribution is -0.124. The summed E-state index contributed by atoms with van der Waals surface area (Å²) in [5, 5.41) is 2.90. The number of nitrogens with one attached hydrogen (secondary N) is 1. The Hall–Kier alpha value is -1.60. The minimum absolute atomic E-state index is 0.0136. The number of sulfone groups is 1. The van der Waals surface area contributed by atoms with Crippen LogP contribution in [0.5, 0.6) is 0 Å². The molecule has 1 amide bonds. The number of hydrogen-bond acceptors (Lipinski definition) is 5. The van der Waals surface area contributed by atoms with Crippen LogP contribution in [0.3, 0.4) is 0 Å². The van der Waals surface area contributed by atoms with E-state index >= 15 is 0 Å². The first kappa shape index (κ1) is 19.2. The zero-order valence-corrected chi connectivity index (χ0v) is 16.3. The van der Waals surface area contributed by atoms with Crippen LogP contribution in [0.25, 0.3) is 0 Å². The van der Waals surface area contributed by atoms with Gasteiger partial charge < -0.3 is 10.2 Å². The summed E-state index contributed by atoms with van der Waals surface area (Å²) in [5.41, 5.74) is 2.58. The molecule has 0 spiro atoms. The fourth-order valence-electron chi connectivity index (χ4n) is 3.71. The number of carbonyl (C=O) groups is 1. The Balaban J connectivity index is 1.32. The highest BCUT2D eigenvalue weighted by Gasteiger charge is 2.32. The van der Waals surface area contributed by atoms with Crippen LogP contribution in [0.4, 0.5) is 5.69 Å². The molecule has 2 heterocycles. The Morgan fingerprint density at radius 2 is 2.00 bits per heavy atom. The van der Waals surface area contributed by atoms with Crippen LogP contribution in [-0.2, 0) is 14.6 Å². The average molecular weight is 380 g/mol. The van der Waals surface area contributed by atoms with E-state index in [0.29, 0.717) is 13.0 Å². The molecular formula is C19H29N3O3S. The van der Waals surface area contributed by atoms with Crippen LogP contribution in [0, 0.1) is 12.8 Å². The molecule has 0 radical (unpaired) electrons. The molecule has 7 heteroatoms. The van der Waals surface area contributed by atoms with Crippen molar-refractivity contribution in [2.24, 2.45) is 5.92 Å². The molecule has 2 fully saturated rings. The predicted molar refractivity (Wildman–Crippen MR) is 104 cm³/mol. The van der Waals surface area contributed by atoms with Gasteiger partial charge in [0.05, 0.1) is 17.4 Å². The smallest absolute Gasteiger partial charge is 0.224 e. The molecular weight excluding hydrogens is 350 g/mol. The summed E-state index contributed by atoms with van der Waals surface area (Å²) in [5.74, 6) is -0.288. The van der Waals surface area contributed by atoms with Gasteiger partial charge in [-0.05, 0) is 44.0 Å². The van der Waals surface area contributed by atoms with Gasteiger partial charge in [-0.15, -0.1) is 0 Å². The second kappa shape index (κ2) is 8.39. The molecule has 26 heavy (non-hydrogen) atoms. The van der Waals surface area contributed by atoms with E-state index in [1.165, 1.54) is 11.3 Å². The van der Waals surface area contributed by atoms with Crippen molar-refractivity contribution in [3.8, 4) is 0 Å². The van der Waals surface area contributed by atoms with E-state index < -0.39 is 9.84 Å². The number of anilines is 1. The van der Waals surface area contributed by atoms with Gasteiger partial charge in [0.2, 0.25) is 5.91 Å². The largest absolute Gasteiger partial charge is 0.369 e. The maximum absolute atomic E-state index is 12.0. The zero-order chi connectivity index (χ0) is 18.6. The summed E-state index contributed by atoms with van der Waals surface area (Å²) in [4.78, 5) is 16.9. The molecule has 6 nitrogen and oxygen atoms in total. The molecule has 1 unspecified atom stereocenters. The van der Waals surface area contributed by atoms with Crippen LogP contribution < -0.4 is 10.2 Å². The molecule has 1 aromatic rings. The average Bonchev–Trinajstić information content (AvgIpc) is 2.99. The Kier molecular flexibility index (Phi) is 6.19. The van der Waals surface area contributed by atoms with Gasteiger partial charge in [0.25, 0.3) is 0 Å². The summed E-state index contributed by atoms with van der Waals surface area (Å²) < 4.78 is 22.9. The molecule has 2 aliphatic heterocycles. The molecule has 0 aliphatic carbocycles. The standard InChI is InChI=1S/C19H29N3O3S/c1-16-4-2-5-18(14-16)22-11-9-21(10-12-22)8-3-7-20-19(23)17-6-13-26(24,25)15-17/h2,4-5,14,17H,3,6-13,15H2,1H3,(H,20,23). The van der Waals surface area contributed by atoms with Gasteiger partial charge in [-0.2, -0.15) is 0 Å². The highest BCUT2D eigenvalue weighted by Crippen LogP contribution is 2.19. The number of benzene rings is 1. The van der Waals surface area contributed by atoms with Gasteiger partial charge in [0.1, 0.15) is 0 Å². The number of nitrogens with zero attached hydrogens (tertiary/aromatic N) is 2. The molecule has 2 aliphatic rings. The molecule has 1 atom stereocenters. The topological polar surface area (TPSA) is 69.7 Å². The highest BCUT2D eigenvalue weighted by molar-refractivity contribution is 7.91. The molecule has 1 aromatic carbocycles. The van der Waals surface area contributed by atoms with E-state index in [9.17, 15) is 13.2 Å². The lowest BCUT2D eigenvalue weighted by Gasteiger charge is -2.36. The van der Waals surface area contributed by atoms with E-state index in [1.54, 1.807) is 0 Å². The highest BCUT2D eigenvalue weighted by atomic mass is 32.2. The number of rotatable bonds is 6. The van der Waals surface area contributed by atoms with Crippen LogP contribution in [-0.4, -0.2) is 70.0 Å². The minimum atomic E-state index is -2.99. The molecule has 0 saturated carbocycles. The van der Waals surface area contributed by atoms with E-state index in [0.717, 1.165) is 39.1 Å². The second-order valence-electron chi connectivity index (χ2n) is 7.41. The first-order valence-electron chi connectivity index (χ1n) is 9.45. The predicted octanol–water partition coefficient (Wildman–Crippen LogP) is 1.06. The molecule has 0 bridgehead atoms. The fourth-order valence-corrected chi connectivity index (χ4v) is 5.46. The summed E-state index contributed by atoms with van der Waals surface area (Å²) in [7, 11) is -2.99. The van der Waals surface area contributed by atoms with E-state index in [4.69, 9.17) is 0 Å². The third-order valence-electron chi connectivity index (χ3n) is 5.29. The van der Waals surface area contributed by atoms with Crippen LogP contribution in [0.2, 0.25) is 0 Å².